The Hall–Kier alpha value is -1.65. The summed E-state index contributed by atoms with van der Waals surface area (Å²) in [5.41, 5.74) is 2.81. The summed E-state index contributed by atoms with van der Waals surface area (Å²) in [5.74, 6) is 0.529. The molecule has 1 fully saturated rings. The highest BCUT2D eigenvalue weighted by atomic mass is 79.9. The predicted octanol–water partition coefficient (Wildman–Crippen LogP) is 3.78. The molecule has 0 unspecified atom stereocenters. The van der Waals surface area contributed by atoms with Crippen LogP contribution in [0.15, 0.2) is 53.0 Å². The molecular weight excluding hydrogens is 328 g/mol. The maximum Gasteiger partial charge on any atom is 0.255 e. The lowest BCUT2D eigenvalue weighted by Crippen LogP contribution is -2.12. The number of carbonyl (C=O) groups excluding carboxylic acids is 1. The van der Waals surface area contributed by atoms with Gasteiger partial charge in [-0.2, -0.15) is 0 Å². The summed E-state index contributed by atoms with van der Waals surface area (Å²) in [7, 11) is 2.00. The van der Waals surface area contributed by atoms with Crippen LogP contribution in [-0.4, -0.2) is 19.0 Å². The van der Waals surface area contributed by atoms with Crippen molar-refractivity contribution in [1.82, 2.24) is 5.32 Å². The lowest BCUT2D eigenvalue weighted by atomic mass is 10.1. The Morgan fingerprint density at radius 1 is 1.10 bits per heavy atom. The smallest absolute Gasteiger partial charge is 0.255 e. The monoisotopic (exact) mass is 344 g/mol. The second-order valence-electron chi connectivity index (χ2n) is 5.32. The summed E-state index contributed by atoms with van der Waals surface area (Å²) in [6.07, 6.45) is 1.20. The number of hydrogen-bond donors (Lipinski definition) is 2. The van der Waals surface area contributed by atoms with E-state index in [2.05, 4.69) is 38.7 Å². The second kappa shape index (κ2) is 6.00. The molecule has 2 N–H and O–H groups in total. The van der Waals surface area contributed by atoms with E-state index in [-0.39, 0.29) is 5.91 Å². The summed E-state index contributed by atoms with van der Waals surface area (Å²) < 4.78 is 0.965. The maximum absolute atomic E-state index is 12.1. The normalized spacial score (nSPS) is 20.1. The van der Waals surface area contributed by atoms with E-state index in [1.54, 1.807) is 12.1 Å². The highest BCUT2D eigenvalue weighted by Crippen LogP contribution is 2.40. The molecule has 1 saturated carbocycles. The molecule has 1 aliphatic rings. The van der Waals surface area contributed by atoms with Crippen molar-refractivity contribution in [3.8, 4) is 0 Å². The van der Waals surface area contributed by atoms with Gasteiger partial charge in [-0.05, 0) is 55.4 Å². The number of amides is 1. The van der Waals surface area contributed by atoms with Gasteiger partial charge in [0, 0.05) is 27.7 Å². The first kappa shape index (κ1) is 14.3. The van der Waals surface area contributed by atoms with Gasteiger partial charge >= 0.3 is 0 Å². The van der Waals surface area contributed by atoms with Crippen molar-refractivity contribution in [2.45, 2.75) is 18.4 Å². The summed E-state index contributed by atoms with van der Waals surface area (Å²) in [6, 6.07) is 16.1. The van der Waals surface area contributed by atoms with E-state index in [9.17, 15) is 4.79 Å². The Labute approximate surface area is 132 Å². The highest BCUT2D eigenvalue weighted by molar-refractivity contribution is 9.10. The van der Waals surface area contributed by atoms with Gasteiger partial charge in [-0.25, -0.2) is 0 Å². The molecule has 0 spiro atoms. The Kier molecular flexibility index (Phi) is 4.08. The van der Waals surface area contributed by atoms with Gasteiger partial charge in [-0.3, -0.25) is 4.79 Å². The van der Waals surface area contributed by atoms with Crippen molar-refractivity contribution < 1.29 is 4.79 Å². The summed E-state index contributed by atoms with van der Waals surface area (Å²) in [4.78, 5) is 12.1. The lowest BCUT2D eigenvalue weighted by Gasteiger charge is -2.07. The van der Waals surface area contributed by atoms with Crippen LogP contribution in [0, 0.1) is 0 Å². The number of nitrogens with one attached hydrogen (secondary N) is 2. The molecule has 2 aromatic rings. The van der Waals surface area contributed by atoms with Gasteiger partial charge < -0.3 is 10.6 Å². The zero-order valence-electron chi connectivity index (χ0n) is 11.8. The fourth-order valence-electron chi connectivity index (χ4n) is 2.50. The molecule has 3 rings (SSSR count). The number of halogens is 1. The van der Waals surface area contributed by atoms with Crippen LogP contribution in [-0.2, 0) is 0 Å². The van der Waals surface area contributed by atoms with E-state index in [0.717, 1.165) is 10.2 Å². The Morgan fingerprint density at radius 2 is 1.76 bits per heavy atom. The average molecular weight is 345 g/mol. The minimum absolute atomic E-state index is 0.0882. The summed E-state index contributed by atoms with van der Waals surface area (Å²) in [6.45, 7) is 0. The van der Waals surface area contributed by atoms with E-state index in [1.807, 2.05) is 31.3 Å². The van der Waals surface area contributed by atoms with E-state index in [1.165, 1.54) is 12.0 Å². The van der Waals surface area contributed by atoms with E-state index >= 15 is 0 Å². The molecule has 0 aliphatic heterocycles. The van der Waals surface area contributed by atoms with Crippen molar-refractivity contribution in [3.05, 3.63) is 64.1 Å². The number of hydrogen-bond acceptors (Lipinski definition) is 2. The van der Waals surface area contributed by atoms with Gasteiger partial charge in [-0.15, -0.1) is 0 Å². The standard InChI is InChI=1S/C17H17BrN2O/c1-19-16-10-15(16)11-4-8-14(9-5-11)20-17(21)12-2-6-13(18)7-3-12/h2-9,15-16,19H,10H2,1H3,(H,20,21)/t15-,16+/m0/s1. The van der Waals surface area contributed by atoms with Crippen molar-refractivity contribution >= 4 is 27.5 Å². The third-order valence-electron chi connectivity index (χ3n) is 3.86. The number of rotatable bonds is 4. The molecule has 0 radical (unpaired) electrons. The van der Waals surface area contributed by atoms with Gasteiger partial charge in [0.15, 0.2) is 0 Å². The topological polar surface area (TPSA) is 41.1 Å². The van der Waals surface area contributed by atoms with Crippen molar-refractivity contribution in [3.63, 3.8) is 0 Å². The number of likely N-dealkylation sites (N-methyl/N-ethyl adjacent to an activating group) is 1. The van der Waals surface area contributed by atoms with E-state index in [4.69, 9.17) is 0 Å². The van der Waals surface area contributed by atoms with E-state index < -0.39 is 0 Å². The fraction of sp³-hybridized carbons (Fsp3) is 0.235. The maximum atomic E-state index is 12.1. The first-order valence-electron chi connectivity index (χ1n) is 7.01. The van der Waals surface area contributed by atoms with Gasteiger partial charge in [0.2, 0.25) is 0 Å². The van der Waals surface area contributed by atoms with Crippen LogP contribution < -0.4 is 10.6 Å². The first-order chi connectivity index (χ1) is 10.2. The van der Waals surface area contributed by atoms with Gasteiger partial charge in [-0.1, -0.05) is 28.1 Å². The molecular formula is C17H17BrN2O. The third-order valence-corrected chi connectivity index (χ3v) is 4.39. The van der Waals surface area contributed by atoms with Gasteiger partial charge in [0.05, 0.1) is 0 Å². The first-order valence-corrected chi connectivity index (χ1v) is 7.81. The quantitative estimate of drug-likeness (QED) is 0.886. The van der Waals surface area contributed by atoms with Crippen LogP contribution in [0.5, 0.6) is 0 Å². The largest absolute Gasteiger partial charge is 0.322 e. The molecule has 1 amide bonds. The number of carbonyl (C=O) groups is 1. The molecule has 21 heavy (non-hydrogen) atoms. The molecule has 2 aromatic carbocycles. The number of anilines is 1. The van der Waals surface area contributed by atoms with Crippen molar-refractivity contribution in [2.75, 3.05) is 12.4 Å². The third kappa shape index (κ3) is 3.34. The highest BCUT2D eigenvalue weighted by Gasteiger charge is 2.36. The molecule has 0 aromatic heterocycles. The molecule has 0 saturated heterocycles. The molecule has 108 valence electrons. The molecule has 1 aliphatic carbocycles. The molecule has 4 heteroatoms. The van der Waals surface area contributed by atoms with Gasteiger partial charge in [0.25, 0.3) is 5.91 Å². The molecule has 2 atom stereocenters. The Morgan fingerprint density at radius 3 is 2.33 bits per heavy atom. The Bertz CT molecular complexity index is 637. The van der Waals surface area contributed by atoms with Crippen LogP contribution in [0.4, 0.5) is 5.69 Å². The van der Waals surface area contributed by atoms with Gasteiger partial charge in [0.1, 0.15) is 0 Å². The van der Waals surface area contributed by atoms with Crippen LogP contribution in [0.3, 0.4) is 0 Å². The minimum Gasteiger partial charge on any atom is -0.322 e. The number of benzene rings is 2. The summed E-state index contributed by atoms with van der Waals surface area (Å²) in [5, 5.41) is 6.21. The van der Waals surface area contributed by atoms with E-state index in [0.29, 0.717) is 17.5 Å². The van der Waals surface area contributed by atoms with Crippen molar-refractivity contribution in [1.29, 1.82) is 0 Å². The SMILES string of the molecule is CN[C@@H]1C[C@H]1c1ccc(NC(=O)c2ccc(Br)cc2)cc1. The zero-order chi connectivity index (χ0) is 14.8. The predicted molar refractivity (Wildman–Crippen MR) is 88.7 cm³/mol. The zero-order valence-corrected chi connectivity index (χ0v) is 13.4. The van der Waals surface area contributed by atoms with Crippen LogP contribution in [0.2, 0.25) is 0 Å². The van der Waals surface area contributed by atoms with Crippen molar-refractivity contribution in [2.24, 2.45) is 0 Å². The minimum atomic E-state index is -0.0882. The van der Waals surface area contributed by atoms with Crippen LogP contribution in [0.25, 0.3) is 0 Å². The summed E-state index contributed by atoms with van der Waals surface area (Å²) >= 11 is 3.36. The second-order valence-corrected chi connectivity index (χ2v) is 6.24. The molecule has 3 nitrogen and oxygen atoms in total. The molecule has 0 heterocycles. The lowest BCUT2D eigenvalue weighted by molar-refractivity contribution is 0.102. The van der Waals surface area contributed by atoms with Crippen LogP contribution >= 0.6 is 15.9 Å². The fourth-order valence-corrected chi connectivity index (χ4v) is 2.76. The Balaban J connectivity index is 1.65. The molecule has 0 bridgehead atoms. The average Bonchev–Trinajstić information content (AvgIpc) is 3.28. The van der Waals surface area contributed by atoms with Crippen LogP contribution in [0.1, 0.15) is 28.3 Å².